The molecule has 188 valence electrons. The number of ether oxygens (including phenoxy) is 1. The van der Waals surface area contributed by atoms with E-state index in [0.29, 0.717) is 29.2 Å². The Bertz CT molecular complexity index is 1350. The molecular weight excluding hydrogens is 470 g/mol. The maximum atomic E-state index is 13.0. The lowest BCUT2D eigenvalue weighted by molar-refractivity contribution is -0.125. The predicted molar refractivity (Wildman–Crippen MR) is 136 cm³/mol. The molecule has 0 radical (unpaired) electrons. The Morgan fingerprint density at radius 3 is 2.27 bits per heavy atom. The molecule has 1 N–H and O–H groups in total. The van der Waals surface area contributed by atoms with Gasteiger partial charge in [-0.3, -0.25) is 19.3 Å². The molecular formula is C29H27N3O5. The summed E-state index contributed by atoms with van der Waals surface area (Å²) in [6, 6.07) is 19.6. The number of rotatable bonds is 9. The van der Waals surface area contributed by atoms with Crippen LogP contribution in [0.5, 0.6) is 11.5 Å². The lowest BCUT2D eigenvalue weighted by Gasteiger charge is -2.17. The number of carbonyl (C=O) groups excluding carboxylic acids is 4. The van der Waals surface area contributed by atoms with E-state index in [0.717, 1.165) is 35.8 Å². The van der Waals surface area contributed by atoms with Crippen LogP contribution in [-0.4, -0.2) is 46.5 Å². The van der Waals surface area contributed by atoms with Crippen LogP contribution < -0.4 is 10.1 Å². The summed E-state index contributed by atoms with van der Waals surface area (Å²) in [5, 5.41) is 2.95. The lowest BCUT2D eigenvalue weighted by atomic mass is 10.0. The van der Waals surface area contributed by atoms with Gasteiger partial charge in [0.2, 0.25) is 0 Å². The third-order valence-electron chi connectivity index (χ3n) is 6.53. The Labute approximate surface area is 214 Å². The normalized spacial score (nSPS) is 15.2. The first kappa shape index (κ1) is 24.2. The zero-order valence-electron chi connectivity index (χ0n) is 20.5. The number of hydrogen-bond acceptors (Lipinski definition) is 5. The summed E-state index contributed by atoms with van der Waals surface area (Å²) in [6.07, 6.45) is 2.54. The Kier molecular flexibility index (Phi) is 6.72. The number of hydrogen-bond donors (Lipinski definition) is 1. The number of aldehydes is 1. The minimum Gasteiger partial charge on any atom is -0.457 e. The van der Waals surface area contributed by atoms with Crippen LogP contribution in [0.2, 0.25) is 0 Å². The number of amides is 4. The highest BCUT2D eigenvalue weighted by Crippen LogP contribution is 2.31. The van der Waals surface area contributed by atoms with Crippen molar-refractivity contribution < 1.29 is 23.9 Å². The topological polar surface area (TPSA) is 96.0 Å². The fraction of sp³-hybridized carbons (Fsp3) is 0.241. The van der Waals surface area contributed by atoms with Crippen LogP contribution >= 0.6 is 0 Å². The van der Waals surface area contributed by atoms with Gasteiger partial charge >= 0.3 is 6.03 Å². The highest BCUT2D eigenvalue weighted by Gasteiger charge is 2.44. The Morgan fingerprint density at radius 1 is 0.973 bits per heavy atom. The first-order valence-corrected chi connectivity index (χ1v) is 12.2. The van der Waals surface area contributed by atoms with Crippen molar-refractivity contribution in [3.05, 3.63) is 94.5 Å². The average molecular weight is 498 g/mol. The van der Waals surface area contributed by atoms with Gasteiger partial charge in [-0.15, -0.1) is 0 Å². The minimum atomic E-state index is -0.246. The van der Waals surface area contributed by atoms with Gasteiger partial charge in [0.05, 0.1) is 0 Å². The van der Waals surface area contributed by atoms with Crippen molar-refractivity contribution in [2.45, 2.75) is 38.9 Å². The number of nitrogens with one attached hydrogen (secondary N) is 1. The average Bonchev–Trinajstić information content (AvgIpc) is 3.70. The largest absolute Gasteiger partial charge is 0.457 e. The molecule has 0 unspecified atom stereocenters. The standard InChI is InChI=1S/C29H27N3O5/c1-19-2-3-22(16-31-17-27(34)32(29(31)36)23-8-9-23)14-26(19)28(35)30-15-20-4-10-24(11-5-20)37-25-12-6-21(18-33)7-13-25/h2-7,10-14,18,23H,8-9,15-17H2,1H3,(H,30,35). The molecule has 3 aromatic rings. The van der Waals surface area contributed by atoms with Crippen molar-refractivity contribution in [1.29, 1.82) is 0 Å². The summed E-state index contributed by atoms with van der Waals surface area (Å²) in [6.45, 7) is 2.57. The molecule has 1 aliphatic carbocycles. The van der Waals surface area contributed by atoms with Gasteiger partial charge in [0.15, 0.2) is 0 Å². The third-order valence-corrected chi connectivity index (χ3v) is 6.53. The van der Waals surface area contributed by atoms with E-state index in [4.69, 9.17) is 4.74 Å². The van der Waals surface area contributed by atoms with Gasteiger partial charge in [0.1, 0.15) is 24.3 Å². The molecule has 0 atom stereocenters. The van der Waals surface area contributed by atoms with Crippen LogP contribution in [0, 0.1) is 6.92 Å². The summed E-state index contributed by atoms with van der Waals surface area (Å²) < 4.78 is 5.79. The van der Waals surface area contributed by atoms with Gasteiger partial charge in [-0.25, -0.2) is 4.79 Å². The molecule has 1 saturated carbocycles. The lowest BCUT2D eigenvalue weighted by Crippen LogP contribution is -2.34. The molecule has 0 bridgehead atoms. The summed E-state index contributed by atoms with van der Waals surface area (Å²) in [7, 11) is 0. The second kappa shape index (κ2) is 10.3. The zero-order chi connectivity index (χ0) is 25.9. The zero-order valence-corrected chi connectivity index (χ0v) is 20.5. The number of benzene rings is 3. The number of aryl methyl sites for hydroxylation is 1. The van der Waals surface area contributed by atoms with Crippen molar-refractivity contribution in [3.63, 3.8) is 0 Å². The van der Waals surface area contributed by atoms with Crippen LogP contribution in [0.4, 0.5) is 4.79 Å². The van der Waals surface area contributed by atoms with E-state index >= 15 is 0 Å². The third kappa shape index (κ3) is 5.53. The molecule has 0 spiro atoms. The quantitative estimate of drug-likeness (QED) is 0.348. The molecule has 2 fully saturated rings. The molecule has 8 nitrogen and oxygen atoms in total. The summed E-state index contributed by atoms with van der Waals surface area (Å²) in [5.41, 5.74) is 3.66. The number of nitrogens with zero attached hydrogens (tertiary/aromatic N) is 2. The van der Waals surface area contributed by atoms with Crippen molar-refractivity contribution in [3.8, 4) is 11.5 Å². The molecule has 1 heterocycles. The fourth-order valence-corrected chi connectivity index (χ4v) is 4.32. The van der Waals surface area contributed by atoms with Crippen molar-refractivity contribution >= 4 is 24.1 Å². The van der Waals surface area contributed by atoms with E-state index in [1.54, 1.807) is 30.3 Å². The van der Waals surface area contributed by atoms with E-state index in [1.807, 2.05) is 43.3 Å². The van der Waals surface area contributed by atoms with Crippen LogP contribution in [0.25, 0.3) is 0 Å². The molecule has 37 heavy (non-hydrogen) atoms. The van der Waals surface area contributed by atoms with E-state index in [-0.39, 0.29) is 37.0 Å². The van der Waals surface area contributed by atoms with Crippen LogP contribution in [0.3, 0.4) is 0 Å². The van der Waals surface area contributed by atoms with Gasteiger partial charge < -0.3 is 15.0 Å². The van der Waals surface area contributed by atoms with Crippen molar-refractivity contribution in [1.82, 2.24) is 15.1 Å². The van der Waals surface area contributed by atoms with Gasteiger partial charge in [-0.2, -0.15) is 0 Å². The first-order chi connectivity index (χ1) is 17.9. The summed E-state index contributed by atoms with van der Waals surface area (Å²) in [5.74, 6) is 0.915. The van der Waals surface area contributed by atoms with Crippen LogP contribution in [-0.2, 0) is 17.9 Å². The van der Waals surface area contributed by atoms with E-state index in [9.17, 15) is 19.2 Å². The molecule has 5 rings (SSSR count). The SMILES string of the molecule is Cc1ccc(CN2CC(=O)N(C3CC3)C2=O)cc1C(=O)NCc1ccc(Oc2ccc(C=O)cc2)cc1. The Morgan fingerprint density at radius 2 is 1.62 bits per heavy atom. The molecule has 2 aliphatic rings. The highest BCUT2D eigenvalue weighted by atomic mass is 16.5. The maximum Gasteiger partial charge on any atom is 0.327 e. The second-order valence-corrected chi connectivity index (χ2v) is 9.40. The van der Waals surface area contributed by atoms with Gasteiger partial charge in [0, 0.05) is 30.3 Å². The van der Waals surface area contributed by atoms with Crippen molar-refractivity contribution in [2.24, 2.45) is 0 Å². The van der Waals surface area contributed by atoms with Gasteiger partial charge in [-0.1, -0.05) is 24.3 Å². The highest BCUT2D eigenvalue weighted by molar-refractivity contribution is 6.02. The number of carbonyl (C=O) groups is 4. The predicted octanol–water partition coefficient (Wildman–Crippen LogP) is 4.46. The molecule has 1 aliphatic heterocycles. The Balaban J connectivity index is 1.18. The second-order valence-electron chi connectivity index (χ2n) is 9.40. The molecule has 3 aromatic carbocycles. The summed E-state index contributed by atoms with van der Waals surface area (Å²) >= 11 is 0. The van der Waals surface area contributed by atoms with Crippen LogP contribution in [0.15, 0.2) is 66.7 Å². The molecule has 8 heteroatoms. The number of urea groups is 1. The maximum absolute atomic E-state index is 13.0. The fourth-order valence-electron chi connectivity index (χ4n) is 4.32. The minimum absolute atomic E-state index is 0.0555. The Hall–Kier alpha value is -4.46. The monoisotopic (exact) mass is 497 g/mol. The molecule has 1 saturated heterocycles. The van der Waals surface area contributed by atoms with Gasteiger partial charge in [0.25, 0.3) is 11.8 Å². The smallest absolute Gasteiger partial charge is 0.327 e. The van der Waals surface area contributed by atoms with Crippen molar-refractivity contribution in [2.75, 3.05) is 6.54 Å². The molecule has 4 amide bonds. The van der Waals surface area contributed by atoms with Crippen LogP contribution in [0.1, 0.15) is 50.2 Å². The summed E-state index contributed by atoms with van der Waals surface area (Å²) in [4.78, 5) is 51.5. The van der Waals surface area contributed by atoms with E-state index < -0.39 is 0 Å². The van der Waals surface area contributed by atoms with Gasteiger partial charge in [-0.05, 0) is 78.9 Å². The van der Waals surface area contributed by atoms with E-state index in [1.165, 1.54) is 9.80 Å². The number of imide groups is 1. The molecule has 0 aromatic heterocycles. The van der Waals surface area contributed by atoms with E-state index in [2.05, 4.69) is 5.32 Å². The first-order valence-electron chi connectivity index (χ1n) is 12.2.